The van der Waals surface area contributed by atoms with Gasteiger partial charge in [-0.1, -0.05) is 0 Å². The molecule has 0 fully saturated rings. The molecule has 1 aromatic carbocycles. The van der Waals surface area contributed by atoms with Crippen LogP contribution in [0.25, 0.3) is 22.4 Å². The van der Waals surface area contributed by atoms with E-state index in [-0.39, 0.29) is 11.2 Å². The summed E-state index contributed by atoms with van der Waals surface area (Å²) in [5.74, 6) is 0.203. The first kappa shape index (κ1) is 9.84. The Morgan fingerprint density at radius 3 is 2.82 bits per heavy atom. The van der Waals surface area contributed by atoms with Crippen LogP contribution in [0.3, 0.4) is 0 Å². The molecule has 0 aliphatic carbocycles. The summed E-state index contributed by atoms with van der Waals surface area (Å²) in [7, 11) is 0. The maximum absolute atomic E-state index is 13.0. The predicted octanol–water partition coefficient (Wildman–Crippen LogP) is 2.93. The van der Waals surface area contributed by atoms with Gasteiger partial charge in [0.25, 0.3) is 0 Å². The first-order valence-corrected chi connectivity index (χ1v) is 5.10. The molecule has 3 aromatic rings. The Morgan fingerprint density at radius 2 is 2.00 bits per heavy atom. The van der Waals surface area contributed by atoms with Crippen molar-refractivity contribution in [1.82, 2.24) is 4.98 Å². The van der Waals surface area contributed by atoms with Crippen molar-refractivity contribution >= 4 is 11.0 Å². The molecule has 0 aliphatic heterocycles. The van der Waals surface area contributed by atoms with Crippen LogP contribution in [0.2, 0.25) is 0 Å². The van der Waals surface area contributed by atoms with Gasteiger partial charge in [-0.25, -0.2) is 4.39 Å². The second kappa shape index (κ2) is 3.59. The van der Waals surface area contributed by atoms with E-state index in [1.807, 2.05) is 0 Å². The van der Waals surface area contributed by atoms with E-state index < -0.39 is 0 Å². The Hall–Kier alpha value is -2.36. The highest BCUT2D eigenvalue weighted by atomic mass is 19.1. The van der Waals surface area contributed by atoms with Gasteiger partial charge in [0.15, 0.2) is 11.2 Å². The number of H-pyrrole nitrogens is 1. The van der Waals surface area contributed by atoms with Gasteiger partial charge < -0.3 is 9.40 Å². The molecule has 0 unspecified atom stereocenters. The summed E-state index contributed by atoms with van der Waals surface area (Å²) in [6.07, 6.45) is 1.55. The number of furan rings is 1. The van der Waals surface area contributed by atoms with Gasteiger partial charge in [-0.2, -0.15) is 0 Å². The minimum absolute atomic E-state index is 0.106. The number of benzene rings is 1. The number of hydrogen-bond donors (Lipinski definition) is 1. The fraction of sp³-hybridized carbons (Fsp3) is 0. The lowest BCUT2D eigenvalue weighted by Crippen LogP contribution is -1.97. The van der Waals surface area contributed by atoms with E-state index in [1.54, 1.807) is 18.3 Å². The molecule has 0 radical (unpaired) electrons. The van der Waals surface area contributed by atoms with E-state index in [0.717, 1.165) is 0 Å². The van der Waals surface area contributed by atoms with Crippen molar-refractivity contribution in [3.63, 3.8) is 0 Å². The maximum Gasteiger partial charge on any atom is 0.182 e. The lowest BCUT2D eigenvalue weighted by atomic mass is 10.2. The molecule has 0 bridgehead atoms. The third-order valence-electron chi connectivity index (χ3n) is 2.52. The fourth-order valence-electron chi connectivity index (χ4n) is 1.73. The molecule has 2 heterocycles. The van der Waals surface area contributed by atoms with E-state index in [9.17, 15) is 9.18 Å². The molecule has 17 heavy (non-hydrogen) atoms. The van der Waals surface area contributed by atoms with Gasteiger partial charge in [-0.15, -0.1) is 0 Å². The standard InChI is InChI=1S/C13H8FNO2/c14-9-1-2-12-8(5-9)6-13(17-12)11-7-10(16)3-4-15-11/h1-7H,(H,15,16). The van der Waals surface area contributed by atoms with Crippen LogP contribution in [0.5, 0.6) is 0 Å². The van der Waals surface area contributed by atoms with E-state index >= 15 is 0 Å². The Balaban J connectivity index is 2.21. The predicted molar refractivity (Wildman–Crippen MR) is 62.2 cm³/mol. The zero-order valence-corrected chi connectivity index (χ0v) is 8.74. The van der Waals surface area contributed by atoms with Crippen LogP contribution in [0.1, 0.15) is 0 Å². The largest absolute Gasteiger partial charge is 0.455 e. The summed E-state index contributed by atoms with van der Waals surface area (Å²) < 4.78 is 18.5. The average molecular weight is 229 g/mol. The van der Waals surface area contributed by atoms with Crippen molar-refractivity contribution in [3.8, 4) is 11.5 Å². The lowest BCUT2D eigenvalue weighted by molar-refractivity contribution is 0.617. The highest BCUT2D eigenvalue weighted by molar-refractivity contribution is 5.82. The second-order valence-electron chi connectivity index (χ2n) is 3.73. The smallest absolute Gasteiger partial charge is 0.182 e. The number of halogens is 1. The second-order valence-corrected chi connectivity index (χ2v) is 3.73. The van der Waals surface area contributed by atoms with Gasteiger partial charge in [-0.05, 0) is 24.3 Å². The van der Waals surface area contributed by atoms with Gasteiger partial charge in [0.1, 0.15) is 11.4 Å². The molecular weight excluding hydrogens is 221 g/mol. The monoisotopic (exact) mass is 229 g/mol. The summed E-state index contributed by atoms with van der Waals surface area (Å²) in [5.41, 5.74) is 1.06. The highest BCUT2D eigenvalue weighted by Gasteiger charge is 2.07. The van der Waals surface area contributed by atoms with Crippen molar-refractivity contribution in [2.45, 2.75) is 0 Å². The summed E-state index contributed by atoms with van der Waals surface area (Å²) >= 11 is 0. The van der Waals surface area contributed by atoms with E-state index in [0.29, 0.717) is 22.4 Å². The van der Waals surface area contributed by atoms with Crippen molar-refractivity contribution < 1.29 is 8.81 Å². The molecule has 0 amide bonds. The van der Waals surface area contributed by atoms with Crippen LogP contribution < -0.4 is 5.43 Å². The molecule has 2 aromatic heterocycles. The normalized spacial score (nSPS) is 10.9. The van der Waals surface area contributed by atoms with Crippen LogP contribution in [-0.2, 0) is 0 Å². The zero-order chi connectivity index (χ0) is 11.8. The molecule has 0 saturated carbocycles. The van der Waals surface area contributed by atoms with Crippen LogP contribution in [-0.4, -0.2) is 4.98 Å². The van der Waals surface area contributed by atoms with Gasteiger partial charge in [0.2, 0.25) is 0 Å². The van der Waals surface area contributed by atoms with E-state index in [2.05, 4.69) is 4.98 Å². The topological polar surface area (TPSA) is 46.0 Å². The van der Waals surface area contributed by atoms with E-state index in [1.165, 1.54) is 24.3 Å². The molecule has 4 heteroatoms. The molecule has 0 atom stereocenters. The minimum atomic E-state index is -0.314. The molecule has 0 spiro atoms. The number of pyridine rings is 1. The maximum atomic E-state index is 13.0. The summed E-state index contributed by atoms with van der Waals surface area (Å²) in [6.45, 7) is 0. The van der Waals surface area contributed by atoms with E-state index in [4.69, 9.17) is 4.42 Å². The summed E-state index contributed by atoms with van der Waals surface area (Å²) in [5, 5.41) is 0.671. The SMILES string of the molecule is O=c1cc[nH]c(-c2cc3cc(F)ccc3o2)c1. The number of nitrogens with one attached hydrogen (secondary N) is 1. The molecule has 3 nitrogen and oxygen atoms in total. The Morgan fingerprint density at radius 1 is 1.12 bits per heavy atom. The number of fused-ring (bicyclic) bond motifs is 1. The Kier molecular flexibility index (Phi) is 2.08. The van der Waals surface area contributed by atoms with Gasteiger partial charge in [-0.3, -0.25) is 4.79 Å². The Labute approximate surface area is 95.5 Å². The number of rotatable bonds is 1. The third kappa shape index (κ3) is 1.73. The van der Waals surface area contributed by atoms with Crippen LogP contribution >= 0.6 is 0 Å². The number of hydrogen-bond acceptors (Lipinski definition) is 2. The van der Waals surface area contributed by atoms with Crippen molar-refractivity contribution in [3.05, 3.63) is 58.6 Å². The first-order valence-electron chi connectivity index (χ1n) is 5.10. The van der Waals surface area contributed by atoms with Crippen LogP contribution in [0.4, 0.5) is 4.39 Å². The van der Waals surface area contributed by atoms with Gasteiger partial charge in [0.05, 0.1) is 5.69 Å². The van der Waals surface area contributed by atoms with Crippen molar-refractivity contribution in [2.24, 2.45) is 0 Å². The Bertz CT molecular complexity index is 742. The van der Waals surface area contributed by atoms with Crippen molar-refractivity contribution in [1.29, 1.82) is 0 Å². The summed E-state index contributed by atoms with van der Waals surface area (Å²) in [4.78, 5) is 14.1. The van der Waals surface area contributed by atoms with Gasteiger partial charge in [0, 0.05) is 23.7 Å². The number of aromatic amines is 1. The quantitative estimate of drug-likeness (QED) is 0.697. The molecule has 0 aliphatic rings. The first-order chi connectivity index (χ1) is 8.22. The lowest BCUT2D eigenvalue weighted by Gasteiger charge is -1.94. The minimum Gasteiger partial charge on any atom is -0.455 e. The molecule has 3 rings (SSSR count). The van der Waals surface area contributed by atoms with Gasteiger partial charge >= 0.3 is 0 Å². The highest BCUT2D eigenvalue weighted by Crippen LogP contribution is 2.26. The number of aromatic nitrogens is 1. The molecular formula is C13H8FNO2. The zero-order valence-electron chi connectivity index (χ0n) is 8.74. The average Bonchev–Trinajstić information content (AvgIpc) is 2.72. The fourth-order valence-corrected chi connectivity index (χ4v) is 1.73. The van der Waals surface area contributed by atoms with Crippen molar-refractivity contribution in [2.75, 3.05) is 0 Å². The molecule has 1 N–H and O–H groups in total. The van der Waals surface area contributed by atoms with Crippen LogP contribution in [0, 0.1) is 5.82 Å². The van der Waals surface area contributed by atoms with Crippen LogP contribution in [0.15, 0.2) is 51.8 Å². The molecule has 84 valence electrons. The third-order valence-corrected chi connectivity index (χ3v) is 2.52. The molecule has 0 saturated heterocycles. The summed E-state index contributed by atoms with van der Waals surface area (Å²) in [6, 6.07) is 8.85.